The lowest BCUT2D eigenvalue weighted by atomic mass is 10.1. The number of hydrogen-bond acceptors (Lipinski definition) is 2. The van der Waals surface area contributed by atoms with Crippen molar-refractivity contribution in [2.75, 3.05) is 0 Å². The van der Waals surface area contributed by atoms with Gasteiger partial charge in [-0.15, -0.1) is 0 Å². The Hall–Kier alpha value is -1.64. The van der Waals surface area contributed by atoms with Gasteiger partial charge in [0.25, 0.3) is 6.04 Å². The van der Waals surface area contributed by atoms with Gasteiger partial charge in [0.2, 0.25) is 0 Å². The zero-order valence-corrected chi connectivity index (χ0v) is 7.38. The topological polar surface area (TPSA) is 43.1 Å². The lowest BCUT2D eigenvalue weighted by Gasteiger charge is -2.03. The molecule has 0 saturated carbocycles. The number of allylic oxidation sites excluding steroid dienone is 1. The zero-order chi connectivity index (χ0) is 9.68. The van der Waals surface area contributed by atoms with E-state index in [1.54, 1.807) is 43.3 Å². The summed E-state index contributed by atoms with van der Waals surface area (Å²) in [5.74, 6) is 0. The van der Waals surface area contributed by atoms with E-state index in [1.165, 1.54) is 0 Å². The summed E-state index contributed by atoms with van der Waals surface area (Å²) in [6, 6.07) is 8.24. The standard InChI is InChI=1S/C10H11NO2/c1-2-6-10(11(12)13)9-7-4-3-5-8-9/h2-8,10H,1H3/b6-2+. The lowest BCUT2D eigenvalue weighted by molar-refractivity contribution is -0.515. The molecule has 0 saturated heterocycles. The van der Waals surface area contributed by atoms with Gasteiger partial charge in [0.1, 0.15) is 0 Å². The Morgan fingerprint density at radius 2 is 2.00 bits per heavy atom. The van der Waals surface area contributed by atoms with Crippen LogP contribution in [-0.2, 0) is 0 Å². The minimum atomic E-state index is -0.716. The molecule has 1 unspecified atom stereocenters. The highest BCUT2D eigenvalue weighted by atomic mass is 16.6. The number of rotatable bonds is 3. The van der Waals surface area contributed by atoms with Crippen molar-refractivity contribution < 1.29 is 4.92 Å². The Morgan fingerprint density at radius 3 is 2.46 bits per heavy atom. The Balaban J connectivity index is 2.96. The number of nitrogens with zero attached hydrogens (tertiary/aromatic N) is 1. The van der Waals surface area contributed by atoms with Gasteiger partial charge in [-0.25, -0.2) is 0 Å². The Bertz CT molecular complexity index is 306. The fraction of sp³-hybridized carbons (Fsp3) is 0.200. The maximum Gasteiger partial charge on any atom is 0.256 e. The van der Waals surface area contributed by atoms with Crippen LogP contribution in [0, 0.1) is 10.1 Å². The molecule has 1 aromatic rings. The van der Waals surface area contributed by atoms with Crippen molar-refractivity contribution in [3.63, 3.8) is 0 Å². The third kappa shape index (κ3) is 2.40. The van der Waals surface area contributed by atoms with Crippen LogP contribution in [0.2, 0.25) is 0 Å². The van der Waals surface area contributed by atoms with Crippen molar-refractivity contribution >= 4 is 0 Å². The summed E-state index contributed by atoms with van der Waals surface area (Å²) in [6.45, 7) is 1.78. The molecule has 0 aliphatic carbocycles. The maximum absolute atomic E-state index is 10.6. The van der Waals surface area contributed by atoms with Crippen LogP contribution in [0.25, 0.3) is 0 Å². The van der Waals surface area contributed by atoms with Crippen molar-refractivity contribution in [3.8, 4) is 0 Å². The zero-order valence-electron chi connectivity index (χ0n) is 7.38. The molecule has 1 rings (SSSR count). The smallest absolute Gasteiger partial charge is 0.256 e. The summed E-state index contributed by atoms with van der Waals surface area (Å²) in [5, 5.41) is 10.6. The van der Waals surface area contributed by atoms with Crippen molar-refractivity contribution in [1.29, 1.82) is 0 Å². The van der Waals surface area contributed by atoms with E-state index < -0.39 is 6.04 Å². The summed E-state index contributed by atoms with van der Waals surface area (Å²) in [7, 11) is 0. The molecule has 13 heavy (non-hydrogen) atoms. The van der Waals surface area contributed by atoms with Crippen LogP contribution >= 0.6 is 0 Å². The van der Waals surface area contributed by atoms with E-state index in [0.29, 0.717) is 5.56 Å². The molecule has 68 valence electrons. The minimum absolute atomic E-state index is 0.296. The van der Waals surface area contributed by atoms with Crippen LogP contribution in [0.15, 0.2) is 42.5 Å². The molecule has 3 nitrogen and oxygen atoms in total. The van der Waals surface area contributed by atoms with Gasteiger partial charge < -0.3 is 0 Å². The van der Waals surface area contributed by atoms with Crippen LogP contribution in [0.4, 0.5) is 0 Å². The molecule has 0 spiro atoms. The Labute approximate surface area is 76.9 Å². The first-order valence-corrected chi connectivity index (χ1v) is 4.07. The highest BCUT2D eigenvalue weighted by Gasteiger charge is 2.17. The quantitative estimate of drug-likeness (QED) is 0.404. The Kier molecular flexibility index (Phi) is 3.20. The average Bonchev–Trinajstić information content (AvgIpc) is 2.15. The van der Waals surface area contributed by atoms with Crippen molar-refractivity contribution in [2.24, 2.45) is 0 Å². The molecular weight excluding hydrogens is 166 g/mol. The van der Waals surface area contributed by atoms with Gasteiger partial charge in [0.15, 0.2) is 0 Å². The molecule has 0 bridgehead atoms. The van der Waals surface area contributed by atoms with Crippen LogP contribution in [0.3, 0.4) is 0 Å². The first-order chi connectivity index (χ1) is 6.25. The van der Waals surface area contributed by atoms with E-state index in [9.17, 15) is 10.1 Å². The van der Waals surface area contributed by atoms with Crippen molar-refractivity contribution in [2.45, 2.75) is 13.0 Å². The van der Waals surface area contributed by atoms with E-state index in [4.69, 9.17) is 0 Å². The number of nitro groups is 1. The number of benzene rings is 1. The molecule has 0 amide bonds. The fourth-order valence-electron chi connectivity index (χ4n) is 1.14. The van der Waals surface area contributed by atoms with Gasteiger partial charge in [0.05, 0.1) is 0 Å². The Morgan fingerprint density at radius 1 is 1.38 bits per heavy atom. The molecule has 0 fully saturated rings. The van der Waals surface area contributed by atoms with Crippen molar-refractivity contribution in [3.05, 3.63) is 58.2 Å². The van der Waals surface area contributed by atoms with Gasteiger partial charge in [0, 0.05) is 10.5 Å². The highest BCUT2D eigenvalue weighted by molar-refractivity contribution is 5.20. The third-order valence-electron chi connectivity index (χ3n) is 1.74. The molecule has 1 atom stereocenters. The van der Waals surface area contributed by atoms with Crippen LogP contribution in [-0.4, -0.2) is 4.92 Å². The summed E-state index contributed by atoms with van der Waals surface area (Å²) in [4.78, 5) is 10.3. The summed E-state index contributed by atoms with van der Waals surface area (Å²) >= 11 is 0. The summed E-state index contributed by atoms with van der Waals surface area (Å²) < 4.78 is 0. The first kappa shape index (κ1) is 9.45. The predicted molar refractivity (Wildman–Crippen MR) is 51.0 cm³/mol. The van der Waals surface area contributed by atoms with E-state index in [2.05, 4.69) is 0 Å². The normalized spacial score (nSPS) is 13.0. The minimum Gasteiger partial charge on any atom is -0.264 e. The van der Waals surface area contributed by atoms with E-state index in [1.807, 2.05) is 6.07 Å². The first-order valence-electron chi connectivity index (χ1n) is 4.07. The molecule has 3 heteroatoms. The predicted octanol–water partition coefficient (Wildman–Crippen LogP) is 2.58. The van der Waals surface area contributed by atoms with E-state index in [0.717, 1.165) is 0 Å². The molecule has 0 heterocycles. The van der Waals surface area contributed by atoms with Gasteiger partial charge in [-0.3, -0.25) is 10.1 Å². The molecule has 0 aliphatic heterocycles. The second-order valence-corrected chi connectivity index (χ2v) is 2.67. The van der Waals surface area contributed by atoms with Gasteiger partial charge in [-0.2, -0.15) is 0 Å². The van der Waals surface area contributed by atoms with Gasteiger partial charge in [-0.05, 0) is 13.0 Å². The monoisotopic (exact) mass is 177 g/mol. The molecule has 0 aliphatic rings. The van der Waals surface area contributed by atoms with E-state index >= 15 is 0 Å². The lowest BCUT2D eigenvalue weighted by Crippen LogP contribution is -2.06. The van der Waals surface area contributed by atoms with Crippen molar-refractivity contribution in [1.82, 2.24) is 0 Å². The highest BCUT2D eigenvalue weighted by Crippen LogP contribution is 2.16. The molecule has 0 radical (unpaired) electrons. The molecule has 0 N–H and O–H groups in total. The second kappa shape index (κ2) is 4.40. The average molecular weight is 177 g/mol. The summed E-state index contributed by atoms with van der Waals surface area (Å²) in [6.07, 6.45) is 3.27. The second-order valence-electron chi connectivity index (χ2n) is 2.67. The molecular formula is C10H11NO2. The van der Waals surface area contributed by atoms with Crippen LogP contribution in [0.1, 0.15) is 18.5 Å². The SMILES string of the molecule is C/C=C/C(c1ccccc1)[N+](=O)[O-]. The summed E-state index contributed by atoms with van der Waals surface area (Å²) in [5.41, 5.74) is 0.714. The van der Waals surface area contributed by atoms with Gasteiger partial charge >= 0.3 is 0 Å². The third-order valence-corrected chi connectivity index (χ3v) is 1.74. The largest absolute Gasteiger partial charge is 0.264 e. The molecule has 1 aromatic carbocycles. The fourth-order valence-corrected chi connectivity index (χ4v) is 1.14. The van der Waals surface area contributed by atoms with Crippen LogP contribution in [0.5, 0.6) is 0 Å². The number of hydrogen-bond donors (Lipinski definition) is 0. The van der Waals surface area contributed by atoms with Gasteiger partial charge in [-0.1, -0.05) is 36.4 Å². The van der Waals surface area contributed by atoms with Crippen LogP contribution < -0.4 is 0 Å². The maximum atomic E-state index is 10.6. The van der Waals surface area contributed by atoms with E-state index in [-0.39, 0.29) is 4.92 Å². The molecule has 0 aromatic heterocycles.